The van der Waals surface area contributed by atoms with Crippen molar-refractivity contribution in [2.24, 2.45) is 0 Å². The minimum absolute atomic E-state index is 0.161. The van der Waals surface area contributed by atoms with E-state index in [9.17, 15) is 14.9 Å². The number of nitrogens with one attached hydrogen (secondary N) is 1. The Bertz CT molecular complexity index is 1220. The minimum atomic E-state index is -0.569. The molecule has 1 unspecified atom stereocenters. The third kappa shape index (κ3) is 5.31. The number of carbonyl (C=O) groups is 1. The van der Waals surface area contributed by atoms with E-state index in [1.807, 2.05) is 55.5 Å². The molecule has 3 aromatic rings. The highest BCUT2D eigenvalue weighted by Crippen LogP contribution is 2.41. The van der Waals surface area contributed by atoms with Crippen molar-refractivity contribution in [3.63, 3.8) is 0 Å². The maximum Gasteiger partial charge on any atom is 0.411 e. The fourth-order valence-corrected chi connectivity index (χ4v) is 4.63. The third-order valence-corrected chi connectivity index (χ3v) is 6.32. The number of nitrogens with zero attached hydrogens (tertiary/aromatic N) is 1. The normalized spacial score (nSPS) is 13.1. The summed E-state index contributed by atoms with van der Waals surface area (Å²) in [6.07, 6.45) is 2.24. The summed E-state index contributed by atoms with van der Waals surface area (Å²) in [5.41, 5.74) is 6.19. The van der Waals surface area contributed by atoms with Crippen molar-refractivity contribution in [1.29, 1.82) is 0 Å². The van der Waals surface area contributed by atoms with Gasteiger partial charge in [-0.1, -0.05) is 70.5 Å². The number of hydrogen-bond acceptors (Lipinski definition) is 4. The van der Waals surface area contributed by atoms with E-state index in [-0.39, 0.29) is 18.1 Å². The molecule has 7 heteroatoms. The summed E-state index contributed by atoms with van der Waals surface area (Å²) in [6.45, 7) is 1.80. The van der Waals surface area contributed by atoms with Gasteiger partial charge in [-0.3, -0.25) is 15.4 Å². The lowest BCUT2D eigenvalue weighted by molar-refractivity contribution is -0.481. The van der Waals surface area contributed by atoms with Gasteiger partial charge in [-0.15, -0.1) is 0 Å². The topological polar surface area (TPSA) is 81.5 Å². The van der Waals surface area contributed by atoms with Crippen LogP contribution in [-0.2, 0) is 17.8 Å². The summed E-state index contributed by atoms with van der Waals surface area (Å²) in [5.74, 6) is -0.426. The quantitative estimate of drug-likeness (QED) is 0.292. The second-order valence-corrected chi connectivity index (χ2v) is 8.86. The number of rotatable bonds is 7. The molecule has 6 nitrogen and oxygen atoms in total. The van der Waals surface area contributed by atoms with Crippen LogP contribution in [0.15, 0.2) is 77.3 Å². The van der Waals surface area contributed by atoms with Gasteiger partial charge in [0.2, 0.25) is 6.54 Å². The lowest BCUT2D eigenvalue weighted by Crippen LogP contribution is -2.18. The summed E-state index contributed by atoms with van der Waals surface area (Å²) in [5, 5.41) is 14.4. The van der Waals surface area contributed by atoms with Crippen molar-refractivity contribution in [1.82, 2.24) is 0 Å². The fourth-order valence-electron chi connectivity index (χ4n) is 4.22. The molecule has 168 valence electrons. The number of nitro groups is 1. The van der Waals surface area contributed by atoms with E-state index in [4.69, 9.17) is 4.74 Å². The zero-order chi connectivity index (χ0) is 23.4. The number of ether oxygens (including phenoxy) is 1. The van der Waals surface area contributed by atoms with Gasteiger partial charge in [-0.05, 0) is 64.9 Å². The standard InChI is InChI=1S/C26H23BrN2O4/c1-17-21(8-5-9-25(17)28-26(30)33-16-18-6-3-2-4-7-18)24(15-29(31)32)23-12-10-19-14-20(27)11-13-22(19)23/h2-9,11-14,24H,10,15-16H2,1H3,(H,28,30). The van der Waals surface area contributed by atoms with Crippen LogP contribution in [0.5, 0.6) is 0 Å². The molecule has 0 heterocycles. The highest BCUT2D eigenvalue weighted by Gasteiger charge is 2.29. The largest absolute Gasteiger partial charge is 0.444 e. The first-order chi connectivity index (χ1) is 15.9. The lowest BCUT2D eigenvalue weighted by atomic mass is 9.85. The van der Waals surface area contributed by atoms with Gasteiger partial charge in [0.05, 0.1) is 5.92 Å². The van der Waals surface area contributed by atoms with Crippen molar-refractivity contribution in [3.8, 4) is 0 Å². The maximum absolute atomic E-state index is 12.4. The summed E-state index contributed by atoms with van der Waals surface area (Å²) < 4.78 is 6.32. The van der Waals surface area contributed by atoms with Gasteiger partial charge < -0.3 is 4.74 Å². The monoisotopic (exact) mass is 506 g/mol. The molecule has 0 spiro atoms. The molecule has 0 fully saturated rings. The van der Waals surface area contributed by atoms with Crippen LogP contribution in [-0.4, -0.2) is 17.6 Å². The number of hydrogen-bond donors (Lipinski definition) is 1. The average molecular weight is 507 g/mol. The highest BCUT2D eigenvalue weighted by atomic mass is 79.9. The molecule has 33 heavy (non-hydrogen) atoms. The van der Waals surface area contributed by atoms with Crippen molar-refractivity contribution in [2.45, 2.75) is 25.9 Å². The molecule has 0 aromatic heterocycles. The Balaban J connectivity index is 1.57. The third-order valence-electron chi connectivity index (χ3n) is 5.83. The van der Waals surface area contributed by atoms with Crippen molar-refractivity contribution >= 4 is 33.3 Å². The Kier molecular flexibility index (Phi) is 6.89. The van der Waals surface area contributed by atoms with Crippen LogP contribution >= 0.6 is 15.9 Å². The first-order valence-corrected chi connectivity index (χ1v) is 11.4. The van der Waals surface area contributed by atoms with Gasteiger partial charge in [0.15, 0.2) is 0 Å². The van der Waals surface area contributed by atoms with E-state index in [0.717, 1.165) is 44.3 Å². The average Bonchev–Trinajstić information content (AvgIpc) is 3.21. The molecular weight excluding hydrogens is 484 g/mol. The Morgan fingerprint density at radius 3 is 2.70 bits per heavy atom. The molecule has 1 N–H and O–H groups in total. The molecule has 0 aliphatic heterocycles. The predicted octanol–water partition coefficient (Wildman–Crippen LogP) is 6.51. The molecule has 3 aromatic carbocycles. The Morgan fingerprint density at radius 1 is 1.15 bits per heavy atom. The van der Waals surface area contributed by atoms with Crippen molar-refractivity contribution in [2.75, 3.05) is 11.9 Å². The minimum Gasteiger partial charge on any atom is -0.444 e. The predicted molar refractivity (Wildman–Crippen MR) is 132 cm³/mol. The number of allylic oxidation sites excluding steroid dienone is 1. The summed E-state index contributed by atoms with van der Waals surface area (Å²) in [4.78, 5) is 23.7. The van der Waals surface area contributed by atoms with Gasteiger partial charge in [0, 0.05) is 15.1 Å². The molecular formula is C26H23BrN2O4. The summed E-state index contributed by atoms with van der Waals surface area (Å²) in [7, 11) is 0. The van der Waals surface area contributed by atoms with E-state index >= 15 is 0 Å². The molecule has 1 atom stereocenters. The SMILES string of the molecule is Cc1c(NC(=O)OCc2ccccc2)cccc1C(C[N+](=O)[O-])C1=CCc2cc(Br)ccc21. The number of benzene rings is 3. The van der Waals surface area contributed by atoms with Crippen LogP contribution in [0, 0.1) is 17.0 Å². The fraction of sp³-hybridized carbons (Fsp3) is 0.192. The van der Waals surface area contributed by atoms with Crippen LogP contribution in [0.3, 0.4) is 0 Å². The summed E-state index contributed by atoms with van der Waals surface area (Å²) in [6, 6.07) is 20.9. The molecule has 1 amide bonds. The molecule has 0 saturated heterocycles. The lowest BCUT2D eigenvalue weighted by Gasteiger charge is -2.21. The Hall–Kier alpha value is -3.45. The number of amides is 1. The number of halogens is 1. The molecule has 4 rings (SSSR count). The zero-order valence-electron chi connectivity index (χ0n) is 18.1. The number of carbonyl (C=O) groups excluding carboxylic acids is 1. The first-order valence-electron chi connectivity index (χ1n) is 10.6. The Labute approximate surface area is 200 Å². The maximum atomic E-state index is 12.4. The van der Waals surface area contributed by atoms with E-state index < -0.39 is 12.0 Å². The summed E-state index contributed by atoms with van der Waals surface area (Å²) >= 11 is 3.50. The van der Waals surface area contributed by atoms with Crippen LogP contribution in [0.2, 0.25) is 0 Å². The molecule has 0 saturated carbocycles. The number of fused-ring (bicyclic) bond motifs is 1. The van der Waals surface area contributed by atoms with Crippen molar-refractivity contribution < 1.29 is 14.5 Å². The number of anilines is 1. The van der Waals surface area contributed by atoms with Crippen LogP contribution in [0.4, 0.5) is 10.5 Å². The first kappa shape index (κ1) is 22.7. The van der Waals surface area contributed by atoms with Gasteiger partial charge in [0.1, 0.15) is 6.61 Å². The van der Waals surface area contributed by atoms with Crippen molar-refractivity contribution in [3.05, 3.63) is 115 Å². The van der Waals surface area contributed by atoms with Gasteiger partial charge >= 0.3 is 6.09 Å². The Morgan fingerprint density at radius 2 is 1.94 bits per heavy atom. The van der Waals surface area contributed by atoms with Gasteiger partial charge in [-0.2, -0.15) is 0 Å². The van der Waals surface area contributed by atoms with Gasteiger partial charge in [0.25, 0.3) is 0 Å². The second kappa shape index (κ2) is 10.0. The molecule has 0 radical (unpaired) electrons. The van der Waals surface area contributed by atoms with E-state index in [1.54, 1.807) is 12.1 Å². The van der Waals surface area contributed by atoms with Crippen LogP contribution in [0.25, 0.3) is 5.57 Å². The zero-order valence-corrected chi connectivity index (χ0v) is 19.7. The molecule has 1 aliphatic carbocycles. The van der Waals surface area contributed by atoms with Crippen LogP contribution in [0.1, 0.15) is 33.7 Å². The molecule has 0 bridgehead atoms. The van der Waals surface area contributed by atoms with E-state index in [1.165, 1.54) is 0 Å². The smallest absolute Gasteiger partial charge is 0.411 e. The van der Waals surface area contributed by atoms with Crippen LogP contribution < -0.4 is 5.32 Å². The highest BCUT2D eigenvalue weighted by molar-refractivity contribution is 9.10. The van der Waals surface area contributed by atoms with Gasteiger partial charge in [-0.25, -0.2) is 4.79 Å². The second-order valence-electron chi connectivity index (χ2n) is 7.94. The van der Waals surface area contributed by atoms with E-state index in [2.05, 4.69) is 33.4 Å². The van der Waals surface area contributed by atoms with E-state index in [0.29, 0.717) is 5.69 Å². The molecule has 1 aliphatic rings.